The van der Waals surface area contributed by atoms with E-state index in [1.165, 1.54) is 4.68 Å². The van der Waals surface area contributed by atoms with Crippen LogP contribution in [0, 0.1) is 0 Å². The fourth-order valence-electron chi connectivity index (χ4n) is 1.89. The topological polar surface area (TPSA) is 120 Å². The molecule has 0 aliphatic heterocycles. The van der Waals surface area contributed by atoms with Crippen LogP contribution in [0.1, 0.15) is 57.7 Å². The predicted octanol–water partition coefficient (Wildman–Crippen LogP) is 0.650. The first kappa shape index (κ1) is 20.1. The number of hydrogen-bond donors (Lipinski definition) is 1. The van der Waals surface area contributed by atoms with E-state index in [-0.39, 0.29) is 5.69 Å². The Bertz CT molecular complexity index is 718. The summed E-state index contributed by atoms with van der Waals surface area (Å²) in [6.07, 6.45) is 0.464. The molecule has 9 nitrogen and oxygen atoms in total. The van der Waals surface area contributed by atoms with Gasteiger partial charge in [0.25, 0.3) is 5.91 Å². The molecule has 0 aliphatic carbocycles. The van der Waals surface area contributed by atoms with Gasteiger partial charge in [0.15, 0.2) is 10.9 Å². The molecule has 0 bridgehead atoms. The summed E-state index contributed by atoms with van der Waals surface area (Å²) in [6.45, 7) is 10.2. The Hall–Kier alpha value is -1.97. The molecular weight excluding hydrogens is 336 g/mol. The van der Waals surface area contributed by atoms with Crippen LogP contribution in [0.3, 0.4) is 0 Å². The van der Waals surface area contributed by atoms with E-state index < -0.39 is 32.8 Å². The number of nitrogens with zero attached hydrogens (tertiary/aromatic N) is 3. The van der Waals surface area contributed by atoms with E-state index in [9.17, 15) is 18.0 Å². The van der Waals surface area contributed by atoms with E-state index in [1.54, 1.807) is 27.7 Å². The molecule has 1 heterocycles. The van der Waals surface area contributed by atoms with Crippen LogP contribution in [-0.2, 0) is 32.5 Å². The largest absolute Gasteiger partial charge is 0.459 e. The van der Waals surface area contributed by atoms with Crippen LogP contribution in [0.15, 0.2) is 0 Å². The van der Waals surface area contributed by atoms with Gasteiger partial charge in [0.05, 0.1) is 5.69 Å². The van der Waals surface area contributed by atoms with Crippen molar-refractivity contribution in [1.29, 1.82) is 0 Å². The Morgan fingerprint density at radius 1 is 1.29 bits per heavy atom. The second-order valence-electron chi connectivity index (χ2n) is 6.21. The molecule has 1 unspecified atom stereocenters. The number of carbonyl (C=O) groups is 2. The average molecular weight is 360 g/mol. The maximum Gasteiger partial charge on any atom is 0.326 e. The molecule has 1 rings (SSSR count). The second-order valence-corrected chi connectivity index (χ2v) is 8.21. The van der Waals surface area contributed by atoms with Crippen LogP contribution in [0.5, 0.6) is 0 Å². The third-order valence-electron chi connectivity index (χ3n) is 3.13. The number of ether oxygens (including phenoxy) is 1. The Morgan fingerprint density at radius 3 is 2.33 bits per heavy atom. The standard InChI is InChI=1S/C14H24N4O5S/c1-7-10-11(15-17-18(10)8-2)12(19)16-24(21,22)9(3)13(20)23-14(4,5)6/h9H,7-8H2,1-6H3,(H,16,19). The summed E-state index contributed by atoms with van der Waals surface area (Å²) in [5.74, 6) is -1.85. The molecule has 0 radical (unpaired) electrons. The van der Waals surface area contributed by atoms with Crippen LogP contribution in [0.4, 0.5) is 0 Å². The maximum atomic E-state index is 12.2. The van der Waals surface area contributed by atoms with Gasteiger partial charge in [-0.3, -0.25) is 9.59 Å². The molecule has 24 heavy (non-hydrogen) atoms. The highest BCUT2D eigenvalue weighted by atomic mass is 32.2. The molecule has 1 aromatic heterocycles. The Kier molecular flexibility index (Phi) is 6.09. The number of amides is 1. The van der Waals surface area contributed by atoms with Crippen molar-refractivity contribution in [3.63, 3.8) is 0 Å². The van der Waals surface area contributed by atoms with Gasteiger partial charge >= 0.3 is 5.97 Å². The third kappa shape index (κ3) is 4.76. The highest BCUT2D eigenvalue weighted by molar-refractivity contribution is 7.91. The normalized spacial score (nSPS) is 13.4. The molecular formula is C14H24N4O5S. The van der Waals surface area contributed by atoms with E-state index in [0.717, 1.165) is 6.92 Å². The first-order valence-electron chi connectivity index (χ1n) is 7.64. The quantitative estimate of drug-likeness (QED) is 0.739. The zero-order chi connectivity index (χ0) is 18.7. The summed E-state index contributed by atoms with van der Waals surface area (Å²) in [5.41, 5.74) is -0.376. The van der Waals surface area contributed by atoms with Crippen molar-refractivity contribution in [1.82, 2.24) is 19.7 Å². The third-order valence-corrected chi connectivity index (χ3v) is 4.72. The second kappa shape index (κ2) is 7.29. The van der Waals surface area contributed by atoms with Gasteiger partial charge < -0.3 is 4.74 Å². The van der Waals surface area contributed by atoms with Crippen molar-refractivity contribution in [2.24, 2.45) is 0 Å². The minimum atomic E-state index is -4.25. The molecule has 10 heteroatoms. The summed E-state index contributed by atoms with van der Waals surface area (Å²) < 4.78 is 32.9. The molecule has 0 saturated carbocycles. The molecule has 1 amide bonds. The Morgan fingerprint density at radius 2 is 1.88 bits per heavy atom. The molecule has 0 spiro atoms. The zero-order valence-electron chi connectivity index (χ0n) is 14.8. The summed E-state index contributed by atoms with van der Waals surface area (Å²) in [6, 6.07) is 0. The molecule has 1 atom stereocenters. The predicted molar refractivity (Wildman–Crippen MR) is 86.8 cm³/mol. The SMILES string of the molecule is CCc1c(C(=O)NS(=O)(=O)C(C)C(=O)OC(C)(C)C)nnn1CC. The molecule has 0 saturated heterocycles. The van der Waals surface area contributed by atoms with Gasteiger partial charge in [-0.05, 0) is 41.0 Å². The molecule has 1 aromatic rings. The Balaban J connectivity index is 2.96. The maximum absolute atomic E-state index is 12.2. The van der Waals surface area contributed by atoms with E-state index in [4.69, 9.17) is 4.74 Å². The lowest BCUT2D eigenvalue weighted by atomic mass is 10.2. The lowest BCUT2D eigenvalue weighted by Crippen LogP contribution is -2.43. The molecule has 0 aromatic carbocycles. The smallest absolute Gasteiger partial charge is 0.326 e. The summed E-state index contributed by atoms with van der Waals surface area (Å²) in [7, 11) is -4.25. The van der Waals surface area contributed by atoms with Crippen molar-refractivity contribution >= 4 is 21.9 Å². The van der Waals surface area contributed by atoms with Crippen molar-refractivity contribution in [2.75, 3.05) is 0 Å². The molecule has 0 aliphatic rings. The number of aryl methyl sites for hydroxylation is 1. The molecule has 136 valence electrons. The molecule has 0 fully saturated rings. The van der Waals surface area contributed by atoms with Crippen LogP contribution < -0.4 is 4.72 Å². The van der Waals surface area contributed by atoms with E-state index in [2.05, 4.69) is 10.3 Å². The van der Waals surface area contributed by atoms with E-state index in [1.807, 2.05) is 11.6 Å². The average Bonchev–Trinajstić information content (AvgIpc) is 2.86. The summed E-state index contributed by atoms with van der Waals surface area (Å²) in [5, 5.41) is 5.99. The van der Waals surface area contributed by atoms with Gasteiger partial charge in [0.2, 0.25) is 10.0 Å². The number of nitrogens with one attached hydrogen (secondary N) is 1. The van der Waals surface area contributed by atoms with Crippen LogP contribution in [0.2, 0.25) is 0 Å². The summed E-state index contributed by atoms with van der Waals surface area (Å²) in [4.78, 5) is 24.1. The van der Waals surface area contributed by atoms with Crippen molar-refractivity contribution in [3.05, 3.63) is 11.4 Å². The zero-order valence-corrected chi connectivity index (χ0v) is 15.6. The number of sulfonamides is 1. The van der Waals surface area contributed by atoms with Crippen molar-refractivity contribution < 1.29 is 22.7 Å². The first-order valence-corrected chi connectivity index (χ1v) is 9.18. The number of carbonyl (C=O) groups excluding carboxylic acids is 2. The lowest BCUT2D eigenvalue weighted by Gasteiger charge is -2.22. The monoisotopic (exact) mass is 360 g/mol. The molecule has 1 N–H and O–H groups in total. The lowest BCUT2D eigenvalue weighted by molar-refractivity contribution is -0.153. The van der Waals surface area contributed by atoms with Gasteiger partial charge in [-0.2, -0.15) is 0 Å². The minimum absolute atomic E-state index is 0.0701. The van der Waals surface area contributed by atoms with Crippen molar-refractivity contribution in [3.8, 4) is 0 Å². The van der Waals surface area contributed by atoms with E-state index in [0.29, 0.717) is 18.7 Å². The fraction of sp³-hybridized carbons (Fsp3) is 0.714. The van der Waals surface area contributed by atoms with Crippen molar-refractivity contribution in [2.45, 2.75) is 65.4 Å². The number of aromatic nitrogens is 3. The van der Waals surface area contributed by atoms with E-state index >= 15 is 0 Å². The number of rotatable bonds is 6. The van der Waals surface area contributed by atoms with Crippen LogP contribution in [0.25, 0.3) is 0 Å². The first-order chi connectivity index (χ1) is 10.9. The minimum Gasteiger partial charge on any atom is -0.459 e. The van der Waals surface area contributed by atoms with Gasteiger partial charge in [-0.25, -0.2) is 17.8 Å². The van der Waals surface area contributed by atoms with Gasteiger partial charge in [0.1, 0.15) is 5.60 Å². The van der Waals surface area contributed by atoms with Gasteiger partial charge in [0, 0.05) is 6.54 Å². The number of esters is 1. The van der Waals surface area contributed by atoms with Gasteiger partial charge in [-0.1, -0.05) is 12.1 Å². The Labute approximate surface area is 141 Å². The summed E-state index contributed by atoms with van der Waals surface area (Å²) >= 11 is 0. The highest BCUT2D eigenvalue weighted by Gasteiger charge is 2.34. The number of hydrogen-bond acceptors (Lipinski definition) is 7. The van der Waals surface area contributed by atoms with Crippen LogP contribution in [-0.4, -0.2) is 46.1 Å². The van der Waals surface area contributed by atoms with Gasteiger partial charge in [-0.15, -0.1) is 5.10 Å². The fourth-order valence-corrected chi connectivity index (χ4v) is 2.72. The highest BCUT2D eigenvalue weighted by Crippen LogP contribution is 2.13. The van der Waals surface area contributed by atoms with Crippen LogP contribution >= 0.6 is 0 Å².